The lowest BCUT2D eigenvalue weighted by Crippen LogP contribution is -2.09. The molecule has 1 amide bonds. The van der Waals surface area contributed by atoms with Gasteiger partial charge in [-0.1, -0.05) is 12.1 Å². The molecule has 0 aliphatic rings. The Bertz CT molecular complexity index is 1060. The van der Waals surface area contributed by atoms with E-state index in [1.165, 1.54) is 17.4 Å². The number of nitrogens with zero attached hydrogens (tertiary/aromatic N) is 1. The van der Waals surface area contributed by atoms with E-state index < -0.39 is 12.6 Å². The minimum Gasteiger partial charge on any atom is -0.497 e. The summed E-state index contributed by atoms with van der Waals surface area (Å²) in [7, 11) is 1.60. The number of carbonyl (C=O) groups is 1. The molecule has 9 heteroatoms. The van der Waals surface area contributed by atoms with Crippen molar-refractivity contribution in [1.82, 2.24) is 4.98 Å². The summed E-state index contributed by atoms with van der Waals surface area (Å²) >= 11 is 1.31. The van der Waals surface area contributed by atoms with Crippen molar-refractivity contribution in [2.75, 3.05) is 19.0 Å². The summed E-state index contributed by atoms with van der Waals surface area (Å²) < 4.78 is 47.0. The molecule has 0 unspecified atom stereocenters. The quantitative estimate of drug-likeness (QED) is 0.304. The predicted molar refractivity (Wildman–Crippen MR) is 119 cm³/mol. The topological polar surface area (TPSA) is 60.5 Å². The van der Waals surface area contributed by atoms with Crippen molar-refractivity contribution in [2.24, 2.45) is 0 Å². The van der Waals surface area contributed by atoms with Gasteiger partial charge in [0.1, 0.15) is 11.5 Å². The molecule has 32 heavy (non-hydrogen) atoms. The Morgan fingerprint density at radius 3 is 2.66 bits per heavy atom. The first kappa shape index (κ1) is 23.3. The molecule has 168 valence electrons. The van der Waals surface area contributed by atoms with Crippen molar-refractivity contribution in [3.8, 4) is 22.8 Å². The van der Waals surface area contributed by atoms with Gasteiger partial charge in [0, 0.05) is 23.4 Å². The average molecular weight is 462 g/mol. The monoisotopic (exact) mass is 462 g/mol. The van der Waals surface area contributed by atoms with Gasteiger partial charge in [0.05, 0.1) is 19.4 Å². The first-order valence-corrected chi connectivity index (χ1v) is 10.6. The van der Waals surface area contributed by atoms with E-state index in [4.69, 9.17) is 9.47 Å². The number of amides is 1. The molecule has 1 aromatic heterocycles. The molecule has 0 atom stereocenters. The summed E-state index contributed by atoms with van der Waals surface area (Å²) in [5, 5.41) is 5.03. The highest BCUT2D eigenvalue weighted by Gasteiger charge is 2.26. The minimum absolute atomic E-state index is 0.0340. The molecule has 0 fully saturated rings. The molecule has 0 saturated heterocycles. The number of thiazole rings is 1. The molecule has 1 N–H and O–H groups in total. The number of nitrogens with one attached hydrogen (secondary N) is 1. The lowest BCUT2D eigenvalue weighted by Gasteiger charge is -2.08. The molecule has 0 bridgehead atoms. The fourth-order valence-corrected chi connectivity index (χ4v) is 3.44. The fourth-order valence-electron chi connectivity index (χ4n) is 2.72. The summed E-state index contributed by atoms with van der Waals surface area (Å²) in [5.74, 6) is 0.842. The average Bonchev–Trinajstić information content (AvgIpc) is 3.23. The molecule has 3 rings (SSSR count). The lowest BCUT2D eigenvalue weighted by atomic mass is 10.2. The molecule has 5 nitrogen and oxygen atoms in total. The molecule has 0 aliphatic carbocycles. The van der Waals surface area contributed by atoms with Crippen molar-refractivity contribution in [2.45, 2.75) is 19.0 Å². The second kappa shape index (κ2) is 10.8. The molecule has 0 radical (unpaired) electrons. The molecule has 0 spiro atoms. The number of rotatable bonds is 9. The third kappa shape index (κ3) is 7.42. The van der Waals surface area contributed by atoms with Crippen molar-refractivity contribution in [3.05, 3.63) is 65.6 Å². The van der Waals surface area contributed by atoms with Gasteiger partial charge in [-0.05, 0) is 54.5 Å². The summed E-state index contributed by atoms with van der Waals surface area (Å²) in [4.78, 5) is 16.6. The number of carbonyl (C=O) groups excluding carboxylic acids is 1. The van der Waals surface area contributed by atoms with E-state index in [-0.39, 0.29) is 18.9 Å². The minimum atomic E-state index is -4.19. The summed E-state index contributed by atoms with van der Waals surface area (Å²) in [6.07, 6.45) is -2.23. The van der Waals surface area contributed by atoms with Crippen LogP contribution < -0.4 is 14.8 Å². The van der Waals surface area contributed by atoms with Crippen LogP contribution in [-0.2, 0) is 4.79 Å². The Labute approximate surface area is 187 Å². The first-order chi connectivity index (χ1) is 15.3. The Hall–Kier alpha value is -3.33. The number of hydrogen-bond donors (Lipinski definition) is 1. The molecular formula is C23H21F3N2O3S. The number of aromatic nitrogens is 1. The maximum Gasteiger partial charge on any atom is 0.389 e. The van der Waals surface area contributed by atoms with Gasteiger partial charge in [0.15, 0.2) is 5.13 Å². The zero-order chi connectivity index (χ0) is 23.0. The Kier molecular flexibility index (Phi) is 7.88. The van der Waals surface area contributed by atoms with Crippen molar-refractivity contribution >= 4 is 28.5 Å². The number of benzene rings is 2. The highest BCUT2D eigenvalue weighted by Crippen LogP contribution is 2.26. The van der Waals surface area contributed by atoms with Crippen LogP contribution >= 0.6 is 11.3 Å². The second-order valence-electron chi connectivity index (χ2n) is 6.73. The Balaban J connectivity index is 1.52. The molecule has 0 aliphatic heterocycles. The van der Waals surface area contributed by atoms with Gasteiger partial charge in [-0.25, -0.2) is 4.98 Å². The van der Waals surface area contributed by atoms with E-state index in [1.54, 1.807) is 37.5 Å². The van der Waals surface area contributed by atoms with Gasteiger partial charge in [0.25, 0.3) is 0 Å². The van der Waals surface area contributed by atoms with E-state index in [2.05, 4.69) is 10.3 Å². The van der Waals surface area contributed by atoms with Gasteiger partial charge in [-0.2, -0.15) is 13.2 Å². The van der Waals surface area contributed by atoms with Crippen LogP contribution in [0.2, 0.25) is 0 Å². The normalized spacial score (nSPS) is 11.5. The molecule has 0 saturated carbocycles. The van der Waals surface area contributed by atoms with E-state index in [0.717, 1.165) is 17.0 Å². The van der Waals surface area contributed by atoms with Crippen molar-refractivity contribution in [3.63, 3.8) is 0 Å². The van der Waals surface area contributed by atoms with Crippen LogP contribution in [-0.4, -0.2) is 30.8 Å². The van der Waals surface area contributed by atoms with E-state index in [1.807, 2.05) is 29.6 Å². The van der Waals surface area contributed by atoms with Crippen LogP contribution in [0, 0.1) is 0 Å². The fraction of sp³-hybridized carbons (Fsp3) is 0.217. The smallest absolute Gasteiger partial charge is 0.389 e. The number of halogens is 3. The Morgan fingerprint density at radius 1 is 1.16 bits per heavy atom. The predicted octanol–water partition coefficient (Wildman–Crippen LogP) is 6.19. The highest BCUT2D eigenvalue weighted by molar-refractivity contribution is 7.14. The van der Waals surface area contributed by atoms with Crippen molar-refractivity contribution in [1.29, 1.82) is 0 Å². The third-order valence-electron chi connectivity index (χ3n) is 4.28. The van der Waals surface area contributed by atoms with Gasteiger partial charge in [-0.15, -0.1) is 11.3 Å². The number of alkyl halides is 3. The van der Waals surface area contributed by atoms with E-state index >= 15 is 0 Å². The van der Waals surface area contributed by atoms with Crippen LogP contribution in [0.1, 0.15) is 18.4 Å². The summed E-state index contributed by atoms with van der Waals surface area (Å²) in [6.45, 7) is -0.0340. The molecule has 3 aromatic rings. The van der Waals surface area contributed by atoms with Crippen LogP contribution in [0.3, 0.4) is 0 Å². The second-order valence-corrected chi connectivity index (χ2v) is 7.59. The zero-order valence-electron chi connectivity index (χ0n) is 17.2. The first-order valence-electron chi connectivity index (χ1n) is 9.71. The molecular weight excluding hydrogens is 441 g/mol. The summed E-state index contributed by atoms with van der Waals surface area (Å²) in [5.41, 5.74) is 2.34. The van der Waals surface area contributed by atoms with Crippen LogP contribution in [0.15, 0.2) is 60.0 Å². The highest BCUT2D eigenvalue weighted by atomic mass is 32.1. The van der Waals surface area contributed by atoms with E-state index in [0.29, 0.717) is 16.4 Å². The van der Waals surface area contributed by atoms with Gasteiger partial charge >= 0.3 is 6.18 Å². The number of methoxy groups -OCH3 is 1. The van der Waals surface area contributed by atoms with Crippen LogP contribution in [0.4, 0.5) is 18.3 Å². The zero-order valence-corrected chi connectivity index (χ0v) is 18.0. The van der Waals surface area contributed by atoms with Crippen LogP contribution in [0.5, 0.6) is 11.5 Å². The molecule has 1 heterocycles. The number of hydrogen-bond acceptors (Lipinski definition) is 5. The largest absolute Gasteiger partial charge is 0.497 e. The third-order valence-corrected chi connectivity index (χ3v) is 5.04. The standard InChI is InChI=1S/C23H21F3N2O3S/c1-30-18-9-7-17(8-10-18)20-15-32-22(27-20)28-21(29)11-6-16-4-2-5-19(14-16)31-13-3-12-23(24,25)26/h2,4-11,14-15H,3,12-13H2,1H3,(H,27,28,29)/b11-6-. The lowest BCUT2D eigenvalue weighted by molar-refractivity contribution is -0.136. The SMILES string of the molecule is COc1ccc(-c2csc(NC(=O)/C=C\c3cccc(OCCCC(F)(F)F)c3)n2)cc1. The Morgan fingerprint density at radius 2 is 1.94 bits per heavy atom. The number of anilines is 1. The maximum absolute atomic E-state index is 12.2. The summed E-state index contributed by atoms with van der Waals surface area (Å²) in [6, 6.07) is 14.2. The molecule has 2 aromatic carbocycles. The maximum atomic E-state index is 12.2. The van der Waals surface area contributed by atoms with Gasteiger partial charge < -0.3 is 9.47 Å². The van der Waals surface area contributed by atoms with E-state index in [9.17, 15) is 18.0 Å². The van der Waals surface area contributed by atoms with Crippen molar-refractivity contribution < 1.29 is 27.4 Å². The van der Waals surface area contributed by atoms with Gasteiger partial charge in [-0.3, -0.25) is 10.1 Å². The van der Waals surface area contributed by atoms with Crippen LogP contribution in [0.25, 0.3) is 17.3 Å². The number of ether oxygens (including phenoxy) is 2. The van der Waals surface area contributed by atoms with Gasteiger partial charge in [0.2, 0.25) is 5.91 Å².